The summed E-state index contributed by atoms with van der Waals surface area (Å²) in [7, 11) is 0. The third kappa shape index (κ3) is 4.32. The summed E-state index contributed by atoms with van der Waals surface area (Å²) in [5.41, 5.74) is 8.66. The second-order valence-electron chi connectivity index (χ2n) is 3.84. The third-order valence-electron chi connectivity index (χ3n) is 2.32. The van der Waals surface area contributed by atoms with Gasteiger partial charge in [-0.1, -0.05) is 18.2 Å². The van der Waals surface area contributed by atoms with Crippen LogP contribution in [0.2, 0.25) is 0 Å². The third-order valence-corrected chi connectivity index (χ3v) is 3.03. The maximum atomic E-state index is 5.76. The highest BCUT2D eigenvalue weighted by molar-refractivity contribution is 9.10. The zero-order chi connectivity index (χ0) is 14.4. The summed E-state index contributed by atoms with van der Waals surface area (Å²) in [4.78, 5) is 0. The van der Waals surface area contributed by atoms with Gasteiger partial charge in [-0.2, -0.15) is 5.10 Å². The molecule has 4 nitrogen and oxygen atoms in total. The summed E-state index contributed by atoms with van der Waals surface area (Å²) in [6.07, 6.45) is 1.62. The summed E-state index contributed by atoms with van der Waals surface area (Å²) in [5.74, 6) is 1.51. The molecule has 6 heteroatoms. The van der Waals surface area contributed by atoms with Crippen molar-refractivity contribution in [3.05, 3.63) is 58.6 Å². The van der Waals surface area contributed by atoms with E-state index in [9.17, 15) is 0 Å². The first-order chi connectivity index (χ1) is 9.65. The van der Waals surface area contributed by atoms with E-state index < -0.39 is 0 Å². The Morgan fingerprint density at radius 3 is 2.65 bits per heavy atom. The minimum Gasteiger partial charge on any atom is -0.456 e. The second-order valence-corrected chi connectivity index (χ2v) is 5.13. The molecular formula is C14H12BrN3OS. The minimum atomic E-state index is 0.129. The van der Waals surface area contributed by atoms with Crippen LogP contribution in [-0.4, -0.2) is 11.3 Å². The van der Waals surface area contributed by atoms with Crippen molar-refractivity contribution in [1.82, 2.24) is 5.43 Å². The molecule has 0 unspecified atom stereocenters. The van der Waals surface area contributed by atoms with E-state index in [1.165, 1.54) is 0 Å². The molecule has 0 atom stereocenters. The highest BCUT2D eigenvalue weighted by Crippen LogP contribution is 2.29. The summed E-state index contributed by atoms with van der Waals surface area (Å²) in [6.45, 7) is 0. The molecule has 3 N–H and O–H groups in total. The molecule has 2 aromatic carbocycles. The number of hydrogen-bond acceptors (Lipinski definition) is 3. The minimum absolute atomic E-state index is 0.129. The Morgan fingerprint density at radius 1 is 1.25 bits per heavy atom. The Balaban J connectivity index is 2.10. The molecule has 0 aromatic heterocycles. The van der Waals surface area contributed by atoms with Crippen LogP contribution in [0, 0.1) is 0 Å². The van der Waals surface area contributed by atoms with Crippen LogP contribution in [0.25, 0.3) is 0 Å². The number of nitrogens with zero attached hydrogens (tertiary/aromatic N) is 1. The first-order valence-electron chi connectivity index (χ1n) is 5.76. The molecule has 2 rings (SSSR count). The highest BCUT2D eigenvalue weighted by atomic mass is 79.9. The van der Waals surface area contributed by atoms with E-state index in [1.54, 1.807) is 6.21 Å². The predicted molar refractivity (Wildman–Crippen MR) is 88.2 cm³/mol. The maximum absolute atomic E-state index is 5.76. The van der Waals surface area contributed by atoms with E-state index in [0.29, 0.717) is 0 Å². The van der Waals surface area contributed by atoms with Gasteiger partial charge in [0.15, 0.2) is 5.11 Å². The Labute approximate surface area is 130 Å². The number of ether oxygens (including phenoxy) is 1. The van der Waals surface area contributed by atoms with Gasteiger partial charge in [0.05, 0.1) is 10.7 Å². The number of nitrogens with two attached hydrogens (primary N) is 1. The average Bonchev–Trinajstić information content (AvgIpc) is 2.42. The van der Waals surface area contributed by atoms with Gasteiger partial charge in [-0.3, -0.25) is 5.43 Å². The SMILES string of the molecule is NC(=S)NN=Cc1ccc(Oc2ccccc2)c(Br)c1. The second kappa shape index (κ2) is 7.02. The lowest BCUT2D eigenvalue weighted by Gasteiger charge is -2.08. The van der Waals surface area contributed by atoms with Crippen LogP contribution in [-0.2, 0) is 0 Å². The summed E-state index contributed by atoms with van der Waals surface area (Å²) in [6, 6.07) is 15.2. The predicted octanol–water partition coefficient (Wildman–Crippen LogP) is 3.41. The van der Waals surface area contributed by atoms with Crippen molar-refractivity contribution < 1.29 is 4.74 Å². The maximum Gasteiger partial charge on any atom is 0.184 e. The molecule has 0 amide bonds. The number of para-hydroxylation sites is 1. The fourth-order valence-electron chi connectivity index (χ4n) is 1.47. The van der Waals surface area contributed by atoms with E-state index in [1.807, 2.05) is 48.5 Å². The molecule has 0 fully saturated rings. The summed E-state index contributed by atoms with van der Waals surface area (Å²) in [5, 5.41) is 4.02. The number of hydrogen-bond donors (Lipinski definition) is 2. The number of benzene rings is 2. The van der Waals surface area contributed by atoms with Gasteiger partial charge in [0, 0.05) is 0 Å². The number of halogens is 1. The molecule has 0 spiro atoms. The molecule has 20 heavy (non-hydrogen) atoms. The smallest absolute Gasteiger partial charge is 0.184 e. The number of hydrazone groups is 1. The van der Waals surface area contributed by atoms with Crippen molar-refractivity contribution in [2.24, 2.45) is 10.8 Å². The molecular weight excluding hydrogens is 338 g/mol. The van der Waals surface area contributed by atoms with Gasteiger partial charge in [-0.25, -0.2) is 0 Å². The number of thiocarbonyl (C=S) groups is 1. The largest absolute Gasteiger partial charge is 0.456 e. The van der Waals surface area contributed by atoms with Crippen LogP contribution in [0.4, 0.5) is 0 Å². The van der Waals surface area contributed by atoms with Crippen molar-refractivity contribution in [3.63, 3.8) is 0 Å². The van der Waals surface area contributed by atoms with E-state index in [-0.39, 0.29) is 5.11 Å². The van der Waals surface area contributed by atoms with Crippen molar-refractivity contribution in [3.8, 4) is 11.5 Å². The Hall–Kier alpha value is -1.92. The summed E-state index contributed by atoms with van der Waals surface area (Å²) >= 11 is 8.12. The van der Waals surface area contributed by atoms with Crippen LogP contribution in [0.5, 0.6) is 11.5 Å². The van der Waals surface area contributed by atoms with Gasteiger partial charge >= 0.3 is 0 Å². The van der Waals surface area contributed by atoms with Crippen LogP contribution in [0.1, 0.15) is 5.56 Å². The molecule has 0 aliphatic rings. The molecule has 0 bridgehead atoms. The topological polar surface area (TPSA) is 59.6 Å². The number of rotatable bonds is 4. The first-order valence-corrected chi connectivity index (χ1v) is 6.96. The summed E-state index contributed by atoms with van der Waals surface area (Å²) < 4.78 is 6.59. The van der Waals surface area contributed by atoms with Crippen LogP contribution in [0.3, 0.4) is 0 Å². The molecule has 0 radical (unpaired) electrons. The molecule has 0 saturated carbocycles. The van der Waals surface area contributed by atoms with Crippen molar-refractivity contribution in [1.29, 1.82) is 0 Å². The van der Waals surface area contributed by atoms with E-state index in [2.05, 4.69) is 38.7 Å². The lowest BCUT2D eigenvalue weighted by atomic mass is 10.2. The molecule has 0 heterocycles. The monoisotopic (exact) mass is 349 g/mol. The fourth-order valence-corrected chi connectivity index (χ4v) is 2.00. The lowest BCUT2D eigenvalue weighted by molar-refractivity contribution is 0.479. The van der Waals surface area contributed by atoms with Crippen molar-refractivity contribution in [2.75, 3.05) is 0 Å². The average molecular weight is 350 g/mol. The van der Waals surface area contributed by atoms with Gasteiger partial charge in [-0.05, 0) is 64.0 Å². The fraction of sp³-hybridized carbons (Fsp3) is 0. The Kier molecular flexibility index (Phi) is 5.09. The Morgan fingerprint density at radius 2 is 2.00 bits per heavy atom. The van der Waals surface area contributed by atoms with Gasteiger partial charge in [0.1, 0.15) is 11.5 Å². The van der Waals surface area contributed by atoms with Crippen molar-refractivity contribution in [2.45, 2.75) is 0 Å². The zero-order valence-electron chi connectivity index (χ0n) is 10.4. The van der Waals surface area contributed by atoms with Crippen LogP contribution >= 0.6 is 28.1 Å². The van der Waals surface area contributed by atoms with E-state index in [0.717, 1.165) is 21.5 Å². The standard InChI is InChI=1S/C14H12BrN3OS/c15-12-8-10(9-17-18-14(16)20)6-7-13(12)19-11-4-2-1-3-5-11/h1-9H,(H3,16,18,20). The molecule has 0 aliphatic carbocycles. The molecule has 0 saturated heterocycles. The van der Waals surface area contributed by atoms with Gasteiger partial charge in [0.25, 0.3) is 0 Å². The zero-order valence-corrected chi connectivity index (χ0v) is 12.8. The number of nitrogens with one attached hydrogen (secondary N) is 1. The molecule has 0 aliphatic heterocycles. The normalized spacial score (nSPS) is 10.4. The molecule has 2 aromatic rings. The van der Waals surface area contributed by atoms with Gasteiger partial charge < -0.3 is 10.5 Å². The quantitative estimate of drug-likeness (QED) is 0.504. The van der Waals surface area contributed by atoms with Gasteiger partial charge in [-0.15, -0.1) is 0 Å². The van der Waals surface area contributed by atoms with E-state index >= 15 is 0 Å². The van der Waals surface area contributed by atoms with Crippen LogP contribution in [0.15, 0.2) is 58.1 Å². The first kappa shape index (κ1) is 14.5. The van der Waals surface area contributed by atoms with Gasteiger partial charge in [0.2, 0.25) is 0 Å². The Bertz CT molecular complexity index is 632. The molecule has 102 valence electrons. The highest BCUT2D eigenvalue weighted by Gasteiger charge is 2.03. The van der Waals surface area contributed by atoms with Crippen molar-refractivity contribution >= 4 is 39.5 Å². The van der Waals surface area contributed by atoms with Crippen LogP contribution < -0.4 is 15.9 Å². The lowest BCUT2D eigenvalue weighted by Crippen LogP contribution is -2.23. The van der Waals surface area contributed by atoms with E-state index in [4.69, 9.17) is 10.5 Å².